The van der Waals surface area contributed by atoms with Crippen molar-refractivity contribution in [1.29, 1.82) is 0 Å². The number of carbonyl (C=O) groups excluding carboxylic acids is 3. The molecule has 2 aliphatic heterocycles. The Balaban J connectivity index is 1.55. The molecule has 0 N–H and O–H groups in total. The average Bonchev–Trinajstić information content (AvgIpc) is 3.07. The van der Waals surface area contributed by atoms with Crippen LogP contribution in [0.1, 0.15) is 45.4 Å². The minimum atomic E-state index is -0.494. The third kappa shape index (κ3) is 6.26. The Morgan fingerprint density at radius 1 is 1.07 bits per heavy atom. The van der Waals surface area contributed by atoms with Crippen molar-refractivity contribution < 1.29 is 19.1 Å². The summed E-state index contributed by atoms with van der Waals surface area (Å²) >= 11 is 0. The lowest BCUT2D eigenvalue weighted by Crippen LogP contribution is -2.51. The van der Waals surface area contributed by atoms with Crippen LogP contribution in [-0.4, -0.2) is 77.9 Å². The van der Waals surface area contributed by atoms with Crippen molar-refractivity contribution in [2.75, 3.05) is 44.2 Å². The molecule has 1 atom stereocenters. The van der Waals surface area contributed by atoms with Crippen molar-refractivity contribution in [1.82, 2.24) is 14.8 Å². The van der Waals surface area contributed by atoms with Gasteiger partial charge in [0.25, 0.3) is 0 Å². The van der Waals surface area contributed by atoms with Crippen molar-refractivity contribution in [3.63, 3.8) is 0 Å². The molecular weight excluding hydrogens is 384 g/mol. The molecule has 164 valence electrons. The number of hydrogen-bond donors (Lipinski definition) is 0. The van der Waals surface area contributed by atoms with Crippen molar-refractivity contribution >= 4 is 23.6 Å². The lowest BCUT2D eigenvalue weighted by atomic mass is 10.2. The number of unbranched alkanes of at least 4 members (excludes halogenated alkanes) is 2. The second-order valence-electron chi connectivity index (χ2n) is 7.94. The number of hydrogen-bond acceptors (Lipinski definition) is 7. The van der Waals surface area contributed by atoms with Gasteiger partial charge in [0.1, 0.15) is 11.9 Å². The maximum atomic E-state index is 12.3. The Bertz CT molecular complexity index is 703. The highest BCUT2D eigenvalue weighted by molar-refractivity contribution is 6.01. The van der Waals surface area contributed by atoms with Gasteiger partial charge in [0.2, 0.25) is 11.8 Å². The van der Waals surface area contributed by atoms with Crippen LogP contribution in [0.25, 0.3) is 0 Å². The Hall–Kier alpha value is -2.48. The minimum Gasteiger partial charge on any atom is -0.459 e. The molecule has 1 unspecified atom stereocenters. The fraction of sp³-hybridized carbons (Fsp3) is 0.636. The van der Waals surface area contributed by atoms with Crippen LogP contribution < -0.4 is 4.90 Å². The van der Waals surface area contributed by atoms with Crippen LogP contribution in [0.5, 0.6) is 0 Å². The summed E-state index contributed by atoms with van der Waals surface area (Å²) in [6.07, 6.45) is 4.99. The molecule has 0 radical (unpaired) electrons. The molecule has 8 nitrogen and oxygen atoms in total. The minimum absolute atomic E-state index is 0.150. The van der Waals surface area contributed by atoms with Crippen LogP contribution in [0.3, 0.4) is 0 Å². The van der Waals surface area contributed by atoms with Crippen LogP contribution in [-0.2, 0) is 19.1 Å². The molecule has 2 fully saturated rings. The van der Waals surface area contributed by atoms with E-state index in [-0.39, 0.29) is 37.2 Å². The molecule has 2 saturated heterocycles. The summed E-state index contributed by atoms with van der Waals surface area (Å²) in [5.41, 5.74) is 0. The van der Waals surface area contributed by atoms with Crippen LogP contribution in [0.2, 0.25) is 0 Å². The number of aromatic nitrogens is 1. The lowest BCUT2D eigenvalue weighted by molar-refractivity contribution is -0.155. The maximum Gasteiger partial charge on any atom is 0.306 e. The number of imide groups is 1. The first-order valence-corrected chi connectivity index (χ1v) is 11.0. The van der Waals surface area contributed by atoms with Crippen molar-refractivity contribution in [2.45, 2.75) is 51.6 Å². The van der Waals surface area contributed by atoms with E-state index in [1.807, 2.05) is 18.2 Å². The van der Waals surface area contributed by atoms with Gasteiger partial charge in [0.15, 0.2) is 0 Å². The van der Waals surface area contributed by atoms with Gasteiger partial charge in [0, 0.05) is 58.2 Å². The molecule has 0 saturated carbocycles. The molecule has 2 aliphatic rings. The van der Waals surface area contributed by atoms with Gasteiger partial charge < -0.3 is 9.64 Å². The van der Waals surface area contributed by atoms with Gasteiger partial charge in [0.05, 0.1) is 6.54 Å². The molecule has 0 spiro atoms. The first kappa shape index (κ1) is 22.2. The fourth-order valence-corrected chi connectivity index (χ4v) is 3.91. The Morgan fingerprint density at radius 3 is 2.43 bits per heavy atom. The number of likely N-dealkylation sites (tertiary alicyclic amines) is 1. The van der Waals surface area contributed by atoms with E-state index in [0.29, 0.717) is 13.0 Å². The highest BCUT2D eigenvalue weighted by Gasteiger charge is 2.33. The normalized spacial score (nSPS) is 18.7. The fourth-order valence-electron chi connectivity index (χ4n) is 3.91. The molecule has 3 heterocycles. The first-order chi connectivity index (χ1) is 14.6. The first-order valence-electron chi connectivity index (χ1n) is 11.0. The number of esters is 1. The van der Waals surface area contributed by atoms with E-state index in [1.165, 1.54) is 4.90 Å². The standard InChI is InChI=1S/C22H32N4O4/c1-2-3-4-8-22(29)30-18(17-26-20(27)9-10-21(26)28)16-24-12-14-25(15-13-24)19-7-5-6-11-23-19/h5-7,11,18H,2-4,8-10,12-17H2,1H3. The quantitative estimate of drug-likeness (QED) is 0.327. The van der Waals surface area contributed by atoms with E-state index >= 15 is 0 Å². The predicted molar refractivity (Wildman–Crippen MR) is 113 cm³/mol. The molecular formula is C22H32N4O4. The smallest absolute Gasteiger partial charge is 0.306 e. The molecule has 8 heteroatoms. The topological polar surface area (TPSA) is 83.1 Å². The van der Waals surface area contributed by atoms with Gasteiger partial charge in [-0.15, -0.1) is 0 Å². The maximum absolute atomic E-state index is 12.3. The zero-order chi connectivity index (χ0) is 21.3. The van der Waals surface area contributed by atoms with Crippen molar-refractivity contribution in [3.05, 3.63) is 24.4 Å². The lowest BCUT2D eigenvalue weighted by Gasteiger charge is -2.37. The van der Waals surface area contributed by atoms with Crippen LogP contribution in [0.15, 0.2) is 24.4 Å². The summed E-state index contributed by atoms with van der Waals surface area (Å²) in [6, 6.07) is 5.88. The Kier molecular flexibility index (Phi) is 8.19. The molecule has 3 rings (SSSR count). The second-order valence-corrected chi connectivity index (χ2v) is 7.94. The van der Waals surface area contributed by atoms with E-state index in [2.05, 4.69) is 21.7 Å². The molecule has 2 amide bonds. The SMILES string of the molecule is CCCCCC(=O)OC(CN1CCN(c2ccccn2)CC1)CN1C(=O)CCC1=O. The Labute approximate surface area is 178 Å². The van der Waals surface area contributed by atoms with Gasteiger partial charge in [-0.3, -0.25) is 24.2 Å². The Morgan fingerprint density at radius 2 is 1.80 bits per heavy atom. The number of anilines is 1. The molecule has 30 heavy (non-hydrogen) atoms. The highest BCUT2D eigenvalue weighted by Crippen LogP contribution is 2.16. The van der Waals surface area contributed by atoms with Gasteiger partial charge in [-0.1, -0.05) is 25.8 Å². The van der Waals surface area contributed by atoms with Crippen molar-refractivity contribution in [2.24, 2.45) is 0 Å². The van der Waals surface area contributed by atoms with E-state index in [9.17, 15) is 14.4 Å². The molecule has 0 aliphatic carbocycles. The number of piperazine rings is 1. The number of ether oxygens (including phenoxy) is 1. The zero-order valence-corrected chi connectivity index (χ0v) is 17.8. The van der Waals surface area contributed by atoms with Crippen LogP contribution in [0, 0.1) is 0 Å². The highest BCUT2D eigenvalue weighted by atomic mass is 16.5. The van der Waals surface area contributed by atoms with E-state index < -0.39 is 6.10 Å². The molecule has 0 aromatic carbocycles. The third-order valence-corrected chi connectivity index (χ3v) is 5.63. The number of amides is 2. The molecule has 0 bridgehead atoms. The summed E-state index contributed by atoms with van der Waals surface area (Å²) < 4.78 is 5.72. The second kappa shape index (κ2) is 11.1. The summed E-state index contributed by atoms with van der Waals surface area (Å²) in [5.74, 6) is 0.364. The summed E-state index contributed by atoms with van der Waals surface area (Å²) in [5, 5.41) is 0. The largest absolute Gasteiger partial charge is 0.459 e. The summed E-state index contributed by atoms with van der Waals surface area (Å²) in [4.78, 5) is 46.5. The summed E-state index contributed by atoms with van der Waals surface area (Å²) in [6.45, 7) is 6.03. The summed E-state index contributed by atoms with van der Waals surface area (Å²) in [7, 11) is 0. The van der Waals surface area contributed by atoms with Crippen molar-refractivity contribution in [3.8, 4) is 0 Å². The monoisotopic (exact) mass is 416 g/mol. The number of carbonyl (C=O) groups is 3. The number of pyridine rings is 1. The number of nitrogens with zero attached hydrogens (tertiary/aromatic N) is 4. The van der Waals surface area contributed by atoms with Gasteiger partial charge >= 0.3 is 5.97 Å². The van der Waals surface area contributed by atoms with Gasteiger partial charge in [-0.05, 0) is 18.6 Å². The predicted octanol–water partition coefficient (Wildman–Crippen LogP) is 1.84. The number of rotatable bonds is 10. The van der Waals surface area contributed by atoms with E-state index in [4.69, 9.17) is 4.74 Å². The van der Waals surface area contributed by atoms with Gasteiger partial charge in [-0.25, -0.2) is 4.98 Å². The zero-order valence-electron chi connectivity index (χ0n) is 17.8. The third-order valence-electron chi connectivity index (χ3n) is 5.63. The molecule has 1 aromatic heterocycles. The van der Waals surface area contributed by atoms with Gasteiger partial charge in [-0.2, -0.15) is 0 Å². The van der Waals surface area contributed by atoms with E-state index in [0.717, 1.165) is 51.3 Å². The van der Waals surface area contributed by atoms with Crippen LogP contribution in [0.4, 0.5) is 5.82 Å². The average molecular weight is 417 g/mol. The molecule has 1 aromatic rings. The van der Waals surface area contributed by atoms with Crippen LogP contribution >= 0.6 is 0 Å². The van der Waals surface area contributed by atoms with E-state index in [1.54, 1.807) is 6.20 Å².